The molecule has 1 aliphatic heterocycles. The van der Waals surface area contributed by atoms with Gasteiger partial charge in [0, 0.05) is 5.02 Å². The normalized spacial score (nSPS) is 18.2. The predicted molar refractivity (Wildman–Crippen MR) is 114 cm³/mol. The van der Waals surface area contributed by atoms with E-state index in [4.69, 9.17) is 21.1 Å². The van der Waals surface area contributed by atoms with Gasteiger partial charge in [-0.15, -0.1) is 0 Å². The number of hydrogen-bond donors (Lipinski definition) is 1. The minimum absolute atomic E-state index is 0.130. The molecule has 2 unspecified atom stereocenters. The summed E-state index contributed by atoms with van der Waals surface area (Å²) in [5, 5.41) is 9.95. The van der Waals surface area contributed by atoms with Gasteiger partial charge in [0.15, 0.2) is 11.5 Å². The summed E-state index contributed by atoms with van der Waals surface area (Å²) >= 11 is 6.39. The molecule has 0 bridgehead atoms. The number of nitrogens with zero attached hydrogens (tertiary/aromatic N) is 1. The highest BCUT2D eigenvalue weighted by atomic mass is 35.5. The quantitative estimate of drug-likeness (QED) is 0.553. The smallest absolute Gasteiger partial charge is 0.416 e. The minimum Gasteiger partial charge on any atom is -0.493 e. The van der Waals surface area contributed by atoms with Crippen LogP contribution >= 0.6 is 11.6 Å². The number of methoxy groups -OCH3 is 1. The third-order valence-electron chi connectivity index (χ3n) is 5.58. The van der Waals surface area contributed by atoms with Gasteiger partial charge >= 0.3 is 12.1 Å². The maximum Gasteiger partial charge on any atom is 0.416 e. The molecular weight excluding hydrogens is 447 g/mol. The molecule has 1 heterocycles. The van der Waals surface area contributed by atoms with Crippen molar-refractivity contribution in [1.82, 2.24) is 4.90 Å². The number of rotatable bonds is 7. The Morgan fingerprint density at radius 2 is 1.97 bits per heavy atom. The number of piperidine rings is 1. The first-order chi connectivity index (χ1) is 15.2. The highest BCUT2D eigenvalue weighted by molar-refractivity contribution is 6.31. The zero-order valence-electron chi connectivity index (χ0n) is 17.8. The molecule has 0 radical (unpaired) electrons. The number of alkyl halides is 3. The zero-order chi connectivity index (χ0) is 23.5. The molecule has 1 aliphatic rings. The van der Waals surface area contributed by atoms with Crippen molar-refractivity contribution in [1.29, 1.82) is 0 Å². The topological polar surface area (TPSA) is 59.0 Å². The molecule has 0 aromatic heterocycles. The molecule has 9 heteroatoms. The van der Waals surface area contributed by atoms with Crippen LogP contribution in [0.3, 0.4) is 0 Å². The Morgan fingerprint density at radius 3 is 2.59 bits per heavy atom. The van der Waals surface area contributed by atoms with E-state index >= 15 is 0 Å². The molecule has 2 atom stereocenters. The molecule has 0 amide bonds. The van der Waals surface area contributed by atoms with Crippen molar-refractivity contribution >= 4 is 17.6 Å². The lowest BCUT2D eigenvalue weighted by atomic mass is 9.90. The Balaban J connectivity index is 2.20. The summed E-state index contributed by atoms with van der Waals surface area (Å²) in [5.41, 5.74) is -0.0794. The molecule has 0 aliphatic carbocycles. The molecule has 2 aromatic carbocycles. The van der Waals surface area contributed by atoms with Gasteiger partial charge in [0.1, 0.15) is 6.04 Å². The van der Waals surface area contributed by atoms with Gasteiger partial charge in [-0.05, 0) is 67.8 Å². The Kier molecular flexibility index (Phi) is 7.56. The Labute approximate surface area is 189 Å². The van der Waals surface area contributed by atoms with E-state index in [0.717, 1.165) is 25.0 Å². The Hall–Kier alpha value is -2.45. The van der Waals surface area contributed by atoms with Crippen molar-refractivity contribution in [3.05, 3.63) is 58.1 Å². The molecule has 0 saturated carbocycles. The van der Waals surface area contributed by atoms with Crippen molar-refractivity contribution in [2.24, 2.45) is 0 Å². The SMILES string of the molecule is CCOc1ccc(C(c2cc(C(F)(F)F)ccc2Cl)N2CCCCC2C(=O)O)cc1OC. The maximum atomic E-state index is 13.5. The number of ether oxygens (including phenoxy) is 2. The van der Waals surface area contributed by atoms with E-state index in [2.05, 4.69) is 0 Å². The van der Waals surface area contributed by atoms with Gasteiger partial charge in [-0.3, -0.25) is 9.69 Å². The van der Waals surface area contributed by atoms with Gasteiger partial charge in [0.25, 0.3) is 0 Å². The van der Waals surface area contributed by atoms with Crippen LogP contribution in [0.5, 0.6) is 11.5 Å². The number of hydrogen-bond acceptors (Lipinski definition) is 4. The van der Waals surface area contributed by atoms with Crippen LogP contribution in [0, 0.1) is 0 Å². The average Bonchev–Trinajstić information content (AvgIpc) is 2.75. The third-order valence-corrected chi connectivity index (χ3v) is 5.93. The molecule has 0 spiro atoms. The van der Waals surface area contributed by atoms with Crippen molar-refractivity contribution < 1.29 is 32.5 Å². The number of carboxylic acids is 1. The number of likely N-dealkylation sites (tertiary alicyclic amines) is 1. The van der Waals surface area contributed by atoms with E-state index in [-0.39, 0.29) is 10.6 Å². The van der Waals surface area contributed by atoms with Crippen molar-refractivity contribution in [2.75, 3.05) is 20.3 Å². The summed E-state index contributed by atoms with van der Waals surface area (Å²) in [6.45, 7) is 2.64. The van der Waals surface area contributed by atoms with E-state index in [9.17, 15) is 23.1 Å². The molecular formula is C23H25ClF3NO4. The fourth-order valence-electron chi connectivity index (χ4n) is 4.14. The lowest BCUT2D eigenvalue weighted by Crippen LogP contribution is -2.47. The third kappa shape index (κ3) is 5.13. The molecule has 3 rings (SSSR count). The van der Waals surface area contributed by atoms with Crippen LogP contribution in [0.25, 0.3) is 0 Å². The van der Waals surface area contributed by atoms with Gasteiger partial charge in [-0.25, -0.2) is 0 Å². The van der Waals surface area contributed by atoms with E-state index in [1.807, 2.05) is 6.92 Å². The Bertz CT molecular complexity index is 967. The van der Waals surface area contributed by atoms with Crippen molar-refractivity contribution in [3.8, 4) is 11.5 Å². The lowest BCUT2D eigenvalue weighted by molar-refractivity contribution is -0.145. The second-order valence-electron chi connectivity index (χ2n) is 7.57. The minimum atomic E-state index is -4.56. The van der Waals surface area contributed by atoms with Crippen LogP contribution in [-0.2, 0) is 11.0 Å². The van der Waals surface area contributed by atoms with Crippen molar-refractivity contribution in [2.45, 2.75) is 44.4 Å². The van der Waals surface area contributed by atoms with Crippen molar-refractivity contribution in [3.63, 3.8) is 0 Å². The maximum absolute atomic E-state index is 13.5. The van der Waals surface area contributed by atoms with Crippen LogP contribution in [0.4, 0.5) is 13.2 Å². The summed E-state index contributed by atoms with van der Waals surface area (Å²) in [6.07, 6.45) is -2.71. The molecule has 174 valence electrons. The number of carbonyl (C=O) groups is 1. The number of carboxylic acid groups (broad SMARTS) is 1. The van der Waals surface area contributed by atoms with E-state index < -0.39 is 29.8 Å². The summed E-state index contributed by atoms with van der Waals surface area (Å²) in [5.74, 6) is -0.127. The summed E-state index contributed by atoms with van der Waals surface area (Å²) in [4.78, 5) is 13.7. The van der Waals surface area contributed by atoms with Crippen LogP contribution in [0.2, 0.25) is 5.02 Å². The first-order valence-corrected chi connectivity index (χ1v) is 10.7. The summed E-state index contributed by atoms with van der Waals surface area (Å²) < 4.78 is 51.4. The first kappa shape index (κ1) is 24.2. The van der Waals surface area contributed by atoms with E-state index in [1.165, 1.54) is 13.2 Å². The van der Waals surface area contributed by atoms with Crippen LogP contribution in [0.15, 0.2) is 36.4 Å². The zero-order valence-corrected chi connectivity index (χ0v) is 18.5. The van der Waals surface area contributed by atoms with Gasteiger partial charge in [-0.1, -0.05) is 24.1 Å². The molecule has 5 nitrogen and oxygen atoms in total. The molecule has 1 fully saturated rings. The number of aliphatic carboxylic acids is 1. The van der Waals surface area contributed by atoms with Crippen LogP contribution < -0.4 is 9.47 Å². The number of benzene rings is 2. The molecule has 2 aromatic rings. The predicted octanol–water partition coefficient (Wildman–Crippen LogP) is 5.79. The lowest BCUT2D eigenvalue weighted by Gasteiger charge is -2.40. The number of halogens is 4. The van der Waals surface area contributed by atoms with Gasteiger partial charge < -0.3 is 14.6 Å². The first-order valence-electron chi connectivity index (χ1n) is 10.3. The highest BCUT2D eigenvalue weighted by Gasteiger charge is 2.38. The highest BCUT2D eigenvalue weighted by Crippen LogP contribution is 2.42. The molecule has 1 N–H and O–H groups in total. The van der Waals surface area contributed by atoms with Gasteiger partial charge in [0.05, 0.1) is 25.3 Å². The largest absolute Gasteiger partial charge is 0.493 e. The van der Waals surface area contributed by atoms with Gasteiger partial charge in [0.2, 0.25) is 0 Å². The second-order valence-corrected chi connectivity index (χ2v) is 7.97. The molecule has 32 heavy (non-hydrogen) atoms. The standard InChI is InChI=1S/C23H25ClF3NO4/c1-3-32-19-10-7-14(12-20(19)31-2)21(28-11-5-4-6-18(28)22(29)30)16-13-15(23(25,26)27)8-9-17(16)24/h7-10,12-13,18,21H,3-6,11H2,1-2H3,(H,29,30). The van der Waals surface area contributed by atoms with Gasteiger partial charge in [-0.2, -0.15) is 13.2 Å². The summed E-state index contributed by atoms with van der Waals surface area (Å²) in [7, 11) is 1.47. The van der Waals surface area contributed by atoms with E-state index in [1.54, 1.807) is 23.1 Å². The summed E-state index contributed by atoms with van der Waals surface area (Å²) in [6, 6.07) is 6.52. The fourth-order valence-corrected chi connectivity index (χ4v) is 4.36. The Morgan fingerprint density at radius 1 is 1.22 bits per heavy atom. The van der Waals surface area contributed by atoms with Crippen LogP contribution in [0.1, 0.15) is 48.9 Å². The van der Waals surface area contributed by atoms with E-state index in [0.29, 0.717) is 36.6 Å². The second kappa shape index (κ2) is 10.0. The monoisotopic (exact) mass is 471 g/mol. The van der Waals surface area contributed by atoms with Crippen LogP contribution in [-0.4, -0.2) is 42.3 Å². The molecule has 1 saturated heterocycles. The average molecular weight is 472 g/mol. The fraction of sp³-hybridized carbons (Fsp3) is 0.435.